The molecule has 1 aromatic heterocycles. The Morgan fingerprint density at radius 2 is 1.72 bits per heavy atom. The van der Waals surface area contributed by atoms with Gasteiger partial charge < -0.3 is 10.6 Å². The number of alkyl halides is 3. The van der Waals surface area contributed by atoms with Crippen molar-refractivity contribution in [3.8, 4) is 0 Å². The third kappa shape index (κ3) is 4.14. The SMILES string of the molecule is O=C(Nc1ccc(NC(=O)C2CC2)cc1C(F)(F)F)c1ccncc1. The number of hydrogen-bond donors (Lipinski definition) is 2. The summed E-state index contributed by atoms with van der Waals surface area (Å²) in [7, 11) is 0. The predicted octanol–water partition coefficient (Wildman–Crippen LogP) is 3.70. The highest BCUT2D eigenvalue weighted by Crippen LogP contribution is 2.37. The zero-order valence-corrected chi connectivity index (χ0v) is 12.9. The molecule has 2 aromatic rings. The lowest BCUT2D eigenvalue weighted by Crippen LogP contribution is -2.18. The van der Waals surface area contributed by atoms with Gasteiger partial charge in [0.2, 0.25) is 5.91 Å². The molecule has 5 nitrogen and oxygen atoms in total. The molecule has 0 aliphatic heterocycles. The van der Waals surface area contributed by atoms with Crippen molar-refractivity contribution < 1.29 is 22.8 Å². The maximum absolute atomic E-state index is 13.3. The maximum atomic E-state index is 13.3. The van der Waals surface area contributed by atoms with Gasteiger partial charge >= 0.3 is 6.18 Å². The van der Waals surface area contributed by atoms with Crippen LogP contribution in [0.2, 0.25) is 0 Å². The van der Waals surface area contributed by atoms with Crippen LogP contribution in [-0.4, -0.2) is 16.8 Å². The van der Waals surface area contributed by atoms with Gasteiger partial charge in [-0.2, -0.15) is 13.2 Å². The molecule has 0 bridgehead atoms. The molecular weight excluding hydrogens is 335 g/mol. The summed E-state index contributed by atoms with van der Waals surface area (Å²) in [4.78, 5) is 27.5. The van der Waals surface area contributed by atoms with Gasteiger partial charge in [0.15, 0.2) is 0 Å². The summed E-state index contributed by atoms with van der Waals surface area (Å²) in [5.41, 5.74) is -1.16. The van der Waals surface area contributed by atoms with Crippen molar-refractivity contribution in [1.29, 1.82) is 0 Å². The first-order valence-corrected chi connectivity index (χ1v) is 7.58. The van der Waals surface area contributed by atoms with Crippen molar-refractivity contribution in [3.05, 3.63) is 53.9 Å². The van der Waals surface area contributed by atoms with Gasteiger partial charge in [-0.15, -0.1) is 0 Å². The molecular formula is C17H14F3N3O2. The normalized spacial score (nSPS) is 14.0. The molecule has 130 valence electrons. The van der Waals surface area contributed by atoms with E-state index in [1.807, 2.05) is 0 Å². The first-order chi connectivity index (χ1) is 11.8. The summed E-state index contributed by atoms with van der Waals surface area (Å²) in [6.07, 6.45) is -0.441. The Labute approximate surface area is 141 Å². The number of benzene rings is 1. The number of carbonyl (C=O) groups is 2. The molecule has 2 N–H and O–H groups in total. The van der Waals surface area contributed by atoms with Gasteiger partial charge in [-0.05, 0) is 43.2 Å². The maximum Gasteiger partial charge on any atom is 0.418 e. The van der Waals surface area contributed by atoms with Crippen molar-refractivity contribution in [2.24, 2.45) is 5.92 Å². The van der Waals surface area contributed by atoms with Gasteiger partial charge in [0, 0.05) is 29.6 Å². The average molecular weight is 349 g/mol. The van der Waals surface area contributed by atoms with Crippen LogP contribution in [0, 0.1) is 5.92 Å². The van der Waals surface area contributed by atoms with E-state index in [4.69, 9.17) is 0 Å². The van der Waals surface area contributed by atoms with Crippen molar-refractivity contribution >= 4 is 23.2 Å². The fourth-order valence-corrected chi connectivity index (χ4v) is 2.25. The van der Waals surface area contributed by atoms with E-state index in [0.29, 0.717) is 0 Å². The molecule has 2 amide bonds. The summed E-state index contributed by atoms with van der Waals surface area (Å²) in [5, 5.41) is 4.72. The quantitative estimate of drug-likeness (QED) is 0.884. The number of nitrogens with one attached hydrogen (secondary N) is 2. The van der Waals surface area contributed by atoms with Crippen molar-refractivity contribution in [2.45, 2.75) is 19.0 Å². The van der Waals surface area contributed by atoms with Gasteiger partial charge in [0.05, 0.1) is 11.3 Å². The molecule has 25 heavy (non-hydrogen) atoms. The van der Waals surface area contributed by atoms with Crippen LogP contribution in [-0.2, 0) is 11.0 Å². The van der Waals surface area contributed by atoms with Crippen LogP contribution in [0.3, 0.4) is 0 Å². The summed E-state index contributed by atoms with van der Waals surface area (Å²) >= 11 is 0. The third-order valence-electron chi connectivity index (χ3n) is 3.73. The fourth-order valence-electron chi connectivity index (χ4n) is 2.25. The van der Waals surface area contributed by atoms with E-state index in [9.17, 15) is 22.8 Å². The molecule has 1 aliphatic carbocycles. The van der Waals surface area contributed by atoms with Gasteiger partial charge in [-0.3, -0.25) is 14.6 Å². The average Bonchev–Trinajstić information content (AvgIpc) is 3.41. The van der Waals surface area contributed by atoms with Crippen LogP contribution in [0.5, 0.6) is 0 Å². The minimum Gasteiger partial charge on any atom is -0.326 e. The molecule has 1 heterocycles. The van der Waals surface area contributed by atoms with Gasteiger partial charge in [-0.1, -0.05) is 0 Å². The fraction of sp³-hybridized carbons (Fsp3) is 0.235. The standard InChI is InChI=1S/C17H14F3N3O2/c18-17(19,20)13-9-12(22-15(24)10-1-2-10)3-4-14(13)23-16(25)11-5-7-21-8-6-11/h3-10H,1-2H2,(H,22,24)(H,23,25). The van der Waals surface area contributed by atoms with Crippen LogP contribution in [0.25, 0.3) is 0 Å². The number of halogens is 3. The summed E-state index contributed by atoms with van der Waals surface area (Å²) in [6.45, 7) is 0. The smallest absolute Gasteiger partial charge is 0.326 e. The van der Waals surface area contributed by atoms with Gasteiger partial charge in [-0.25, -0.2) is 0 Å². The Balaban J connectivity index is 1.85. The molecule has 1 aromatic carbocycles. The van der Waals surface area contributed by atoms with Crippen LogP contribution in [0.15, 0.2) is 42.7 Å². The molecule has 0 spiro atoms. The zero-order valence-electron chi connectivity index (χ0n) is 12.9. The zero-order chi connectivity index (χ0) is 18.0. The van der Waals surface area contributed by atoms with Gasteiger partial charge in [0.1, 0.15) is 0 Å². The molecule has 1 fully saturated rings. The Bertz CT molecular complexity index is 803. The topological polar surface area (TPSA) is 71.1 Å². The van der Waals surface area contributed by atoms with Crippen LogP contribution >= 0.6 is 0 Å². The molecule has 0 atom stereocenters. The van der Waals surface area contributed by atoms with E-state index in [-0.39, 0.29) is 28.8 Å². The lowest BCUT2D eigenvalue weighted by Gasteiger charge is -2.16. The van der Waals surface area contributed by atoms with Crippen molar-refractivity contribution in [3.63, 3.8) is 0 Å². The molecule has 0 radical (unpaired) electrons. The number of carbonyl (C=O) groups excluding carboxylic acids is 2. The van der Waals surface area contributed by atoms with Crippen LogP contribution in [0.1, 0.15) is 28.8 Å². The number of pyridine rings is 1. The summed E-state index contributed by atoms with van der Waals surface area (Å²) in [5.74, 6) is -1.09. The third-order valence-corrected chi connectivity index (χ3v) is 3.73. The Hall–Kier alpha value is -2.90. The minimum atomic E-state index is -4.68. The Morgan fingerprint density at radius 1 is 1.04 bits per heavy atom. The number of amides is 2. The highest BCUT2D eigenvalue weighted by atomic mass is 19.4. The molecule has 0 unspecified atom stereocenters. The lowest BCUT2D eigenvalue weighted by atomic mass is 10.1. The van der Waals surface area contributed by atoms with Crippen LogP contribution < -0.4 is 10.6 Å². The van der Waals surface area contributed by atoms with E-state index >= 15 is 0 Å². The highest BCUT2D eigenvalue weighted by Gasteiger charge is 2.35. The van der Waals surface area contributed by atoms with Gasteiger partial charge in [0.25, 0.3) is 5.91 Å². The first kappa shape index (κ1) is 16.9. The lowest BCUT2D eigenvalue weighted by molar-refractivity contribution is -0.137. The van der Waals surface area contributed by atoms with Crippen molar-refractivity contribution in [1.82, 2.24) is 4.98 Å². The summed E-state index contributed by atoms with van der Waals surface area (Å²) < 4.78 is 39.9. The molecule has 3 rings (SSSR count). The number of aromatic nitrogens is 1. The number of anilines is 2. The molecule has 1 saturated carbocycles. The number of hydrogen-bond acceptors (Lipinski definition) is 3. The Kier molecular flexibility index (Phi) is 4.43. The van der Waals surface area contributed by atoms with E-state index < -0.39 is 17.6 Å². The summed E-state index contributed by atoms with van der Waals surface area (Å²) in [6, 6.07) is 6.07. The van der Waals surface area contributed by atoms with Crippen molar-refractivity contribution in [2.75, 3.05) is 10.6 Å². The molecule has 1 aliphatic rings. The minimum absolute atomic E-state index is 0.0473. The van der Waals surface area contributed by atoms with E-state index in [0.717, 1.165) is 25.0 Å². The monoisotopic (exact) mass is 349 g/mol. The first-order valence-electron chi connectivity index (χ1n) is 7.58. The largest absolute Gasteiger partial charge is 0.418 e. The van der Waals surface area contributed by atoms with Crippen LogP contribution in [0.4, 0.5) is 24.5 Å². The second kappa shape index (κ2) is 6.54. The van der Waals surface area contributed by atoms with E-state index in [2.05, 4.69) is 15.6 Å². The second-order valence-electron chi connectivity index (χ2n) is 5.71. The Morgan fingerprint density at radius 3 is 2.32 bits per heavy atom. The molecule has 0 saturated heterocycles. The van der Waals surface area contributed by atoms with E-state index in [1.54, 1.807) is 0 Å². The molecule has 8 heteroatoms. The second-order valence-corrected chi connectivity index (χ2v) is 5.71. The predicted molar refractivity (Wildman–Crippen MR) is 85.0 cm³/mol. The number of nitrogens with zero attached hydrogens (tertiary/aromatic N) is 1. The number of rotatable bonds is 4. The highest BCUT2D eigenvalue weighted by molar-refractivity contribution is 6.05. The van der Waals surface area contributed by atoms with E-state index in [1.165, 1.54) is 30.6 Å².